The summed E-state index contributed by atoms with van der Waals surface area (Å²) in [5.74, 6) is 1.42. The summed E-state index contributed by atoms with van der Waals surface area (Å²) in [6.45, 7) is 2.47. The molecule has 2 aromatic heterocycles. The number of amides is 1. The molecule has 11 nitrogen and oxygen atoms in total. The van der Waals surface area contributed by atoms with E-state index >= 15 is 0 Å². The van der Waals surface area contributed by atoms with E-state index in [0.717, 1.165) is 53.3 Å². The number of fused-ring (bicyclic) bond motifs is 2. The standard InChI is InChI=1S/C21H26BrN7O4S/c22-13-9-14-15(33-12-32-14)10-16(13)34-21-27-18-19(23)25-11-26-20(18)29(21)8-7-24-6-4-2-1-3-5-17(30)28-31/h9-11,24,31H,1-8,12H2,(H,28,30)(H2,23,25,26). The highest BCUT2D eigenvalue weighted by molar-refractivity contribution is 9.10. The van der Waals surface area contributed by atoms with Crippen LogP contribution in [0.3, 0.4) is 0 Å². The summed E-state index contributed by atoms with van der Waals surface area (Å²) in [6, 6.07) is 3.82. The first-order valence-corrected chi connectivity index (χ1v) is 12.5. The minimum atomic E-state index is -0.336. The zero-order valence-corrected chi connectivity index (χ0v) is 20.8. The Balaban J connectivity index is 1.37. The van der Waals surface area contributed by atoms with E-state index < -0.39 is 0 Å². The van der Waals surface area contributed by atoms with Crippen LogP contribution in [-0.4, -0.2) is 50.5 Å². The Kier molecular flexibility index (Phi) is 8.43. The van der Waals surface area contributed by atoms with Gasteiger partial charge in [-0.3, -0.25) is 10.0 Å². The van der Waals surface area contributed by atoms with Gasteiger partial charge in [-0.25, -0.2) is 20.4 Å². The lowest BCUT2D eigenvalue weighted by Gasteiger charge is -2.11. The molecule has 0 radical (unpaired) electrons. The molecule has 0 bridgehead atoms. The molecule has 5 N–H and O–H groups in total. The summed E-state index contributed by atoms with van der Waals surface area (Å²) < 4.78 is 13.9. The molecule has 0 fully saturated rings. The summed E-state index contributed by atoms with van der Waals surface area (Å²) in [6.07, 6.45) is 5.54. The molecular weight excluding hydrogens is 526 g/mol. The first kappa shape index (κ1) is 24.5. The molecule has 13 heteroatoms. The summed E-state index contributed by atoms with van der Waals surface area (Å²) in [4.78, 5) is 25.2. The van der Waals surface area contributed by atoms with Gasteiger partial charge < -0.3 is 25.1 Å². The van der Waals surface area contributed by atoms with E-state index in [-0.39, 0.29) is 12.7 Å². The van der Waals surface area contributed by atoms with Crippen LogP contribution >= 0.6 is 27.7 Å². The minimum absolute atomic E-state index is 0.212. The maximum Gasteiger partial charge on any atom is 0.243 e. The number of anilines is 1. The Morgan fingerprint density at radius 2 is 1.97 bits per heavy atom. The molecule has 1 aliphatic rings. The van der Waals surface area contributed by atoms with Crippen molar-refractivity contribution in [2.45, 2.75) is 48.7 Å². The third-order valence-corrected chi connectivity index (χ3v) is 7.27. The molecule has 3 aromatic rings. The predicted molar refractivity (Wildman–Crippen MR) is 130 cm³/mol. The Labute approximate surface area is 208 Å². The van der Waals surface area contributed by atoms with Crippen molar-refractivity contribution in [2.75, 3.05) is 25.6 Å². The number of unbranched alkanes of at least 4 members (excludes halogenated alkanes) is 3. The Hall–Kier alpha value is -2.61. The fourth-order valence-corrected chi connectivity index (χ4v) is 5.06. The second-order valence-corrected chi connectivity index (χ2v) is 9.53. The molecule has 0 unspecified atom stereocenters. The third kappa shape index (κ3) is 5.90. The molecule has 4 rings (SSSR count). The first-order valence-electron chi connectivity index (χ1n) is 10.9. The zero-order chi connectivity index (χ0) is 23.9. The number of carbonyl (C=O) groups excluding carboxylic acids is 1. The Morgan fingerprint density at radius 1 is 1.18 bits per heavy atom. The number of imidazole rings is 1. The average molecular weight is 552 g/mol. The number of ether oxygens (including phenoxy) is 2. The monoisotopic (exact) mass is 551 g/mol. The van der Waals surface area contributed by atoms with Gasteiger partial charge in [0.2, 0.25) is 12.7 Å². The summed E-state index contributed by atoms with van der Waals surface area (Å²) in [7, 11) is 0. The summed E-state index contributed by atoms with van der Waals surface area (Å²) in [5, 5.41) is 12.7. The van der Waals surface area contributed by atoms with Crippen LogP contribution in [0.2, 0.25) is 0 Å². The topological polar surface area (TPSA) is 149 Å². The zero-order valence-electron chi connectivity index (χ0n) is 18.4. The molecule has 0 saturated carbocycles. The molecule has 1 amide bonds. The fraction of sp³-hybridized carbons (Fsp3) is 0.429. The van der Waals surface area contributed by atoms with Crippen molar-refractivity contribution in [1.82, 2.24) is 30.3 Å². The van der Waals surface area contributed by atoms with E-state index in [1.165, 1.54) is 18.1 Å². The molecule has 182 valence electrons. The molecule has 34 heavy (non-hydrogen) atoms. The van der Waals surface area contributed by atoms with Crippen LogP contribution < -0.4 is 26.0 Å². The highest BCUT2D eigenvalue weighted by Crippen LogP contribution is 2.43. The maximum atomic E-state index is 11.0. The number of hydrogen-bond donors (Lipinski definition) is 4. The number of carbonyl (C=O) groups is 1. The smallest absolute Gasteiger partial charge is 0.243 e. The van der Waals surface area contributed by atoms with E-state index in [1.54, 1.807) is 5.48 Å². The summed E-state index contributed by atoms with van der Waals surface area (Å²) >= 11 is 5.10. The van der Waals surface area contributed by atoms with Crippen molar-refractivity contribution >= 4 is 50.6 Å². The van der Waals surface area contributed by atoms with E-state index in [2.05, 4.69) is 31.2 Å². The lowest BCUT2D eigenvalue weighted by molar-refractivity contribution is -0.129. The van der Waals surface area contributed by atoms with Crippen LogP contribution in [-0.2, 0) is 11.3 Å². The molecule has 3 heterocycles. The summed E-state index contributed by atoms with van der Waals surface area (Å²) in [5.41, 5.74) is 8.98. The Morgan fingerprint density at radius 3 is 2.79 bits per heavy atom. The van der Waals surface area contributed by atoms with Gasteiger partial charge in [0.25, 0.3) is 0 Å². The normalized spacial score (nSPS) is 12.4. The molecule has 1 aromatic carbocycles. The van der Waals surface area contributed by atoms with Gasteiger partial charge in [0, 0.05) is 28.9 Å². The van der Waals surface area contributed by atoms with Crippen molar-refractivity contribution in [3.05, 3.63) is 22.9 Å². The number of benzene rings is 1. The van der Waals surface area contributed by atoms with Crippen LogP contribution in [0, 0.1) is 0 Å². The largest absolute Gasteiger partial charge is 0.454 e. The van der Waals surface area contributed by atoms with Gasteiger partial charge >= 0.3 is 0 Å². The van der Waals surface area contributed by atoms with Crippen molar-refractivity contribution in [3.8, 4) is 11.5 Å². The number of halogens is 1. The van der Waals surface area contributed by atoms with Gasteiger partial charge in [-0.1, -0.05) is 24.6 Å². The lowest BCUT2D eigenvalue weighted by atomic mass is 10.1. The second-order valence-electron chi connectivity index (χ2n) is 7.66. The maximum absolute atomic E-state index is 11.0. The first-order chi connectivity index (χ1) is 16.6. The van der Waals surface area contributed by atoms with Crippen LogP contribution in [0.5, 0.6) is 11.5 Å². The number of hydroxylamine groups is 1. The van der Waals surface area contributed by atoms with Gasteiger partial charge in [-0.2, -0.15) is 0 Å². The lowest BCUT2D eigenvalue weighted by Crippen LogP contribution is -2.21. The quantitative estimate of drug-likeness (QED) is 0.150. The highest BCUT2D eigenvalue weighted by atomic mass is 79.9. The molecular formula is C21H26BrN7O4S. The van der Waals surface area contributed by atoms with E-state index in [0.29, 0.717) is 41.4 Å². The van der Waals surface area contributed by atoms with Crippen molar-refractivity contribution in [2.24, 2.45) is 0 Å². The van der Waals surface area contributed by atoms with Crippen LogP contribution in [0.25, 0.3) is 11.2 Å². The molecule has 1 aliphatic heterocycles. The molecule has 0 aliphatic carbocycles. The Bertz CT molecular complexity index is 1160. The number of nitrogens with one attached hydrogen (secondary N) is 2. The van der Waals surface area contributed by atoms with Crippen molar-refractivity contribution < 1.29 is 19.5 Å². The van der Waals surface area contributed by atoms with Crippen LogP contribution in [0.4, 0.5) is 5.82 Å². The average Bonchev–Trinajstić information content (AvgIpc) is 3.42. The number of rotatable bonds is 12. The minimum Gasteiger partial charge on any atom is -0.454 e. The van der Waals surface area contributed by atoms with Gasteiger partial charge in [0.1, 0.15) is 6.33 Å². The number of nitrogens with two attached hydrogens (primary N) is 1. The van der Waals surface area contributed by atoms with E-state index in [1.807, 2.05) is 16.7 Å². The van der Waals surface area contributed by atoms with Gasteiger partial charge in [-0.15, -0.1) is 0 Å². The van der Waals surface area contributed by atoms with Gasteiger partial charge in [-0.05, 0) is 47.4 Å². The highest BCUT2D eigenvalue weighted by Gasteiger charge is 2.20. The SMILES string of the molecule is Nc1ncnc2c1nc(Sc1cc3c(cc1Br)OCO3)n2CCNCCCCCCC(=O)NO. The predicted octanol–water partition coefficient (Wildman–Crippen LogP) is 3.10. The molecule has 0 spiro atoms. The second kappa shape index (κ2) is 11.7. The number of nitrogens with zero attached hydrogens (tertiary/aromatic N) is 4. The number of hydrogen-bond acceptors (Lipinski definition) is 10. The van der Waals surface area contributed by atoms with Crippen molar-refractivity contribution in [3.63, 3.8) is 0 Å². The van der Waals surface area contributed by atoms with Gasteiger partial charge in [0.15, 0.2) is 33.6 Å². The van der Waals surface area contributed by atoms with E-state index in [4.69, 9.17) is 25.4 Å². The van der Waals surface area contributed by atoms with Gasteiger partial charge in [0.05, 0.1) is 0 Å². The van der Waals surface area contributed by atoms with E-state index in [9.17, 15) is 4.79 Å². The number of nitrogen functional groups attached to an aromatic ring is 1. The van der Waals surface area contributed by atoms with Crippen LogP contribution in [0.1, 0.15) is 32.1 Å². The third-order valence-electron chi connectivity index (χ3n) is 5.30. The van der Waals surface area contributed by atoms with Crippen LogP contribution in [0.15, 0.2) is 33.0 Å². The number of aromatic nitrogens is 4. The molecule has 0 atom stereocenters. The van der Waals surface area contributed by atoms with Crippen molar-refractivity contribution in [1.29, 1.82) is 0 Å². The molecule has 0 saturated heterocycles. The fourth-order valence-electron chi connectivity index (χ4n) is 3.55.